The van der Waals surface area contributed by atoms with E-state index in [9.17, 15) is 34.2 Å². The maximum atomic E-state index is 13.1. The van der Waals surface area contributed by atoms with E-state index in [1.807, 2.05) is 0 Å². The maximum Gasteiger partial charge on any atom is 0.326 e. The number of amides is 3. The highest BCUT2D eigenvalue weighted by Gasteiger charge is 2.33. The standard InChI is InChI=1S/C22H32N4O8/c1-4-11(2)18(21(32)25-16(22(33)34)10-17(28)29)26-20(31)15(24-19(30)12(3)23)9-13-5-7-14(27)8-6-13/h5-8,11-12,15-16,18,27H,4,9-10,23H2,1-3H3,(H,24,30)(H,25,32)(H,26,31)(H,28,29)(H,33,34). The van der Waals surface area contributed by atoms with Gasteiger partial charge in [-0.15, -0.1) is 0 Å². The fraction of sp³-hybridized carbons (Fsp3) is 0.500. The number of phenolic OH excluding ortho intramolecular Hbond substituents is 1. The summed E-state index contributed by atoms with van der Waals surface area (Å²) >= 11 is 0. The lowest BCUT2D eigenvalue weighted by atomic mass is 9.96. The van der Waals surface area contributed by atoms with E-state index in [4.69, 9.17) is 10.8 Å². The molecule has 12 nitrogen and oxygen atoms in total. The van der Waals surface area contributed by atoms with Crippen molar-refractivity contribution in [3.05, 3.63) is 29.8 Å². The zero-order valence-electron chi connectivity index (χ0n) is 19.3. The van der Waals surface area contributed by atoms with E-state index in [0.29, 0.717) is 12.0 Å². The van der Waals surface area contributed by atoms with Gasteiger partial charge in [-0.3, -0.25) is 19.2 Å². The van der Waals surface area contributed by atoms with Gasteiger partial charge in [-0.05, 0) is 30.5 Å². The summed E-state index contributed by atoms with van der Waals surface area (Å²) in [5.41, 5.74) is 6.21. The van der Waals surface area contributed by atoms with Crippen LogP contribution in [-0.4, -0.2) is 69.1 Å². The predicted octanol–water partition coefficient (Wildman–Crippen LogP) is -0.658. The molecule has 5 atom stereocenters. The van der Waals surface area contributed by atoms with Crippen molar-refractivity contribution in [2.45, 2.75) is 64.2 Å². The Morgan fingerprint density at radius 1 is 0.882 bits per heavy atom. The average molecular weight is 481 g/mol. The molecule has 0 aromatic heterocycles. The minimum Gasteiger partial charge on any atom is -0.508 e. The Labute approximate surface area is 196 Å². The second-order valence-corrected chi connectivity index (χ2v) is 8.09. The van der Waals surface area contributed by atoms with E-state index >= 15 is 0 Å². The van der Waals surface area contributed by atoms with Gasteiger partial charge in [-0.25, -0.2) is 4.79 Å². The molecule has 0 fully saturated rings. The van der Waals surface area contributed by atoms with Gasteiger partial charge >= 0.3 is 11.9 Å². The van der Waals surface area contributed by atoms with Crippen molar-refractivity contribution in [3.8, 4) is 5.75 Å². The summed E-state index contributed by atoms with van der Waals surface area (Å²) in [4.78, 5) is 60.3. The van der Waals surface area contributed by atoms with Crippen molar-refractivity contribution in [2.24, 2.45) is 11.7 Å². The summed E-state index contributed by atoms with van der Waals surface area (Å²) in [6.07, 6.45) is -0.379. The number of carbonyl (C=O) groups is 5. The van der Waals surface area contributed by atoms with Gasteiger partial charge in [0.1, 0.15) is 23.9 Å². The van der Waals surface area contributed by atoms with Crippen LogP contribution in [-0.2, 0) is 30.4 Å². The summed E-state index contributed by atoms with van der Waals surface area (Å²) in [5, 5.41) is 34.8. The van der Waals surface area contributed by atoms with Gasteiger partial charge in [-0.1, -0.05) is 32.4 Å². The molecule has 0 heterocycles. The Hall–Kier alpha value is -3.67. The van der Waals surface area contributed by atoms with E-state index in [0.717, 1.165) is 0 Å². The number of aliphatic carboxylic acids is 2. The first kappa shape index (κ1) is 28.4. The van der Waals surface area contributed by atoms with Gasteiger partial charge in [-0.2, -0.15) is 0 Å². The number of rotatable bonds is 13. The molecule has 0 bridgehead atoms. The number of phenols is 1. The molecule has 0 aliphatic rings. The number of nitrogens with two attached hydrogens (primary N) is 1. The van der Waals surface area contributed by atoms with Crippen LogP contribution < -0.4 is 21.7 Å². The average Bonchev–Trinajstić information content (AvgIpc) is 2.76. The van der Waals surface area contributed by atoms with Crippen molar-refractivity contribution >= 4 is 29.7 Å². The van der Waals surface area contributed by atoms with E-state index in [1.165, 1.54) is 19.1 Å². The first-order valence-electron chi connectivity index (χ1n) is 10.7. The first-order chi connectivity index (χ1) is 15.8. The van der Waals surface area contributed by atoms with Gasteiger partial charge in [0, 0.05) is 6.42 Å². The highest BCUT2D eigenvalue weighted by atomic mass is 16.4. The molecule has 3 amide bonds. The lowest BCUT2D eigenvalue weighted by molar-refractivity contribution is -0.147. The number of nitrogens with one attached hydrogen (secondary N) is 3. The first-order valence-corrected chi connectivity index (χ1v) is 10.7. The fourth-order valence-corrected chi connectivity index (χ4v) is 2.97. The molecule has 0 spiro atoms. The van der Waals surface area contributed by atoms with Crippen molar-refractivity contribution in [2.75, 3.05) is 0 Å². The van der Waals surface area contributed by atoms with Gasteiger partial charge < -0.3 is 37.0 Å². The van der Waals surface area contributed by atoms with Crippen LogP contribution in [0.4, 0.5) is 0 Å². The molecule has 1 aromatic carbocycles. The van der Waals surface area contributed by atoms with Crippen molar-refractivity contribution in [3.63, 3.8) is 0 Å². The van der Waals surface area contributed by atoms with Gasteiger partial charge in [0.05, 0.1) is 12.5 Å². The third-order valence-corrected chi connectivity index (χ3v) is 5.21. The fourth-order valence-electron chi connectivity index (χ4n) is 2.97. The van der Waals surface area contributed by atoms with E-state index in [2.05, 4.69) is 16.0 Å². The summed E-state index contributed by atoms with van der Waals surface area (Å²) < 4.78 is 0. The Morgan fingerprint density at radius 3 is 1.91 bits per heavy atom. The molecule has 34 heavy (non-hydrogen) atoms. The lowest BCUT2D eigenvalue weighted by Crippen LogP contribution is -2.59. The lowest BCUT2D eigenvalue weighted by Gasteiger charge is -2.28. The summed E-state index contributed by atoms with van der Waals surface area (Å²) in [7, 11) is 0. The second-order valence-electron chi connectivity index (χ2n) is 8.09. The zero-order chi connectivity index (χ0) is 26.0. The van der Waals surface area contributed by atoms with Crippen molar-refractivity contribution in [1.82, 2.24) is 16.0 Å². The molecular weight excluding hydrogens is 448 g/mol. The van der Waals surface area contributed by atoms with E-state index in [1.54, 1.807) is 26.0 Å². The molecule has 0 aliphatic heterocycles. The number of hydrogen-bond donors (Lipinski definition) is 7. The van der Waals surface area contributed by atoms with Crippen LogP contribution >= 0.6 is 0 Å². The highest BCUT2D eigenvalue weighted by Crippen LogP contribution is 2.13. The second kappa shape index (κ2) is 13.1. The number of hydrogen-bond acceptors (Lipinski definition) is 7. The van der Waals surface area contributed by atoms with Crippen LogP contribution in [0.5, 0.6) is 5.75 Å². The third-order valence-electron chi connectivity index (χ3n) is 5.21. The smallest absolute Gasteiger partial charge is 0.326 e. The largest absolute Gasteiger partial charge is 0.508 e. The van der Waals surface area contributed by atoms with E-state index in [-0.39, 0.29) is 12.2 Å². The molecular formula is C22H32N4O8. The number of carbonyl (C=O) groups excluding carboxylic acids is 3. The van der Waals surface area contributed by atoms with Crippen molar-refractivity contribution in [1.29, 1.82) is 0 Å². The molecule has 0 saturated heterocycles. The Balaban J connectivity index is 3.12. The molecule has 1 rings (SSSR count). The molecule has 12 heteroatoms. The van der Waals surface area contributed by atoms with Crippen molar-refractivity contribution < 1.29 is 39.3 Å². The maximum absolute atomic E-state index is 13.1. The van der Waals surface area contributed by atoms with Crippen LogP contribution in [0.3, 0.4) is 0 Å². The SMILES string of the molecule is CCC(C)C(NC(=O)C(Cc1ccc(O)cc1)NC(=O)C(C)N)C(=O)NC(CC(=O)O)C(=O)O. The summed E-state index contributed by atoms with van der Waals surface area (Å²) in [6, 6.07) is 1.06. The van der Waals surface area contributed by atoms with Crippen LogP contribution in [0.15, 0.2) is 24.3 Å². The summed E-state index contributed by atoms with van der Waals surface area (Å²) in [5.74, 6) is -5.54. The molecule has 0 radical (unpaired) electrons. The molecule has 5 unspecified atom stereocenters. The zero-order valence-corrected chi connectivity index (χ0v) is 19.3. The molecule has 8 N–H and O–H groups in total. The monoisotopic (exact) mass is 480 g/mol. The molecule has 0 aliphatic carbocycles. The Bertz CT molecular complexity index is 887. The Kier molecular flexibility index (Phi) is 11.0. The summed E-state index contributed by atoms with van der Waals surface area (Å²) in [6.45, 7) is 4.86. The van der Waals surface area contributed by atoms with Gasteiger partial charge in [0.15, 0.2) is 0 Å². The molecule has 0 saturated carbocycles. The minimum atomic E-state index is -1.68. The number of aromatic hydroxyl groups is 1. The number of carboxylic acids is 2. The van der Waals surface area contributed by atoms with Crippen LogP contribution in [0.2, 0.25) is 0 Å². The Morgan fingerprint density at radius 2 is 1.44 bits per heavy atom. The molecule has 188 valence electrons. The highest BCUT2D eigenvalue weighted by molar-refractivity contribution is 5.94. The third kappa shape index (κ3) is 9.06. The number of benzene rings is 1. The van der Waals surface area contributed by atoms with Gasteiger partial charge in [0.25, 0.3) is 0 Å². The topological polar surface area (TPSA) is 208 Å². The van der Waals surface area contributed by atoms with Crippen LogP contribution in [0, 0.1) is 5.92 Å². The molecule has 1 aromatic rings. The predicted molar refractivity (Wildman–Crippen MR) is 121 cm³/mol. The van der Waals surface area contributed by atoms with Crippen LogP contribution in [0.25, 0.3) is 0 Å². The van der Waals surface area contributed by atoms with Gasteiger partial charge in [0.2, 0.25) is 17.7 Å². The quantitative estimate of drug-likeness (QED) is 0.191. The normalized spacial score (nSPS) is 15.2. The number of carboxylic acid groups (broad SMARTS) is 2. The van der Waals surface area contributed by atoms with E-state index < -0.39 is 66.2 Å². The van der Waals surface area contributed by atoms with Crippen LogP contribution in [0.1, 0.15) is 39.2 Å². The minimum absolute atomic E-state index is 0.0206.